The highest BCUT2D eigenvalue weighted by molar-refractivity contribution is 5.45. The van der Waals surface area contributed by atoms with Crippen LogP contribution < -0.4 is 10.5 Å². The molecule has 0 N–H and O–H groups in total. The fourth-order valence-electron chi connectivity index (χ4n) is 3.22. The predicted molar refractivity (Wildman–Crippen MR) is 84.3 cm³/mol. The van der Waals surface area contributed by atoms with Crippen LogP contribution in [0, 0.1) is 6.92 Å². The molecule has 1 atom stereocenters. The number of nitrogens with zero attached hydrogens (tertiary/aromatic N) is 5. The minimum atomic E-state index is 0.0356. The summed E-state index contributed by atoms with van der Waals surface area (Å²) in [6.45, 7) is 4.53. The molecular formula is C16H19N5O2. The van der Waals surface area contributed by atoms with E-state index < -0.39 is 0 Å². The SMILES string of the molecule is Cc1nc2c(c(=O)n1C)CN(c1cc(C3CCOC3)ncn1)C2. The summed E-state index contributed by atoms with van der Waals surface area (Å²) >= 11 is 0. The lowest BCUT2D eigenvalue weighted by Gasteiger charge is -2.17. The molecule has 7 nitrogen and oxygen atoms in total. The van der Waals surface area contributed by atoms with Crippen molar-refractivity contribution in [3.63, 3.8) is 0 Å². The molecule has 2 aromatic heterocycles. The maximum absolute atomic E-state index is 12.4. The van der Waals surface area contributed by atoms with Gasteiger partial charge in [0.25, 0.3) is 5.56 Å². The normalized spacial score (nSPS) is 20.1. The zero-order chi connectivity index (χ0) is 16.0. The van der Waals surface area contributed by atoms with Crippen molar-refractivity contribution in [3.8, 4) is 0 Å². The fourth-order valence-corrected chi connectivity index (χ4v) is 3.22. The van der Waals surface area contributed by atoms with E-state index in [-0.39, 0.29) is 5.56 Å². The molecule has 0 aliphatic carbocycles. The van der Waals surface area contributed by atoms with Gasteiger partial charge in [-0.25, -0.2) is 15.0 Å². The number of hydrogen-bond donors (Lipinski definition) is 0. The topological polar surface area (TPSA) is 73.1 Å². The van der Waals surface area contributed by atoms with Crippen LogP contribution in [-0.4, -0.2) is 32.7 Å². The fraction of sp³-hybridized carbons (Fsp3) is 0.500. The lowest BCUT2D eigenvalue weighted by Crippen LogP contribution is -2.25. The molecule has 0 radical (unpaired) electrons. The Balaban J connectivity index is 1.64. The maximum atomic E-state index is 12.4. The molecule has 0 spiro atoms. The second kappa shape index (κ2) is 5.42. The van der Waals surface area contributed by atoms with Crippen molar-refractivity contribution in [1.29, 1.82) is 0 Å². The van der Waals surface area contributed by atoms with E-state index in [0.29, 0.717) is 19.0 Å². The molecule has 2 aliphatic heterocycles. The van der Waals surface area contributed by atoms with Crippen LogP contribution in [0.3, 0.4) is 0 Å². The van der Waals surface area contributed by atoms with Crippen LogP contribution in [0.5, 0.6) is 0 Å². The predicted octanol–water partition coefficient (Wildman–Crippen LogP) is 0.903. The van der Waals surface area contributed by atoms with Crippen LogP contribution in [0.25, 0.3) is 0 Å². The maximum Gasteiger partial charge on any atom is 0.258 e. The summed E-state index contributed by atoms with van der Waals surface area (Å²) < 4.78 is 7.04. The van der Waals surface area contributed by atoms with E-state index in [1.807, 2.05) is 13.0 Å². The van der Waals surface area contributed by atoms with Gasteiger partial charge >= 0.3 is 0 Å². The van der Waals surface area contributed by atoms with Gasteiger partial charge in [0.05, 0.1) is 36.6 Å². The van der Waals surface area contributed by atoms with Crippen LogP contribution in [0.2, 0.25) is 0 Å². The zero-order valence-corrected chi connectivity index (χ0v) is 13.3. The first-order chi connectivity index (χ1) is 11.1. The highest BCUT2D eigenvalue weighted by Gasteiger charge is 2.27. The smallest absolute Gasteiger partial charge is 0.258 e. The van der Waals surface area contributed by atoms with E-state index in [4.69, 9.17) is 4.74 Å². The third-order valence-corrected chi connectivity index (χ3v) is 4.73. The van der Waals surface area contributed by atoms with Gasteiger partial charge in [-0.1, -0.05) is 0 Å². The van der Waals surface area contributed by atoms with Crippen molar-refractivity contribution in [2.45, 2.75) is 32.4 Å². The Kier molecular flexibility index (Phi) is 3.37. The van der Waals surface area contributed by atoms with E-state index >= 15 is 0 Å². The highest BCUT2D eigenvalue weighted by Crippen LogP contribution is 2.28. The molecule has 0 bridgehead atoms. The Morgan fingerprint density at radius 1 is 1.30 bits per heavy atom. The second-order valence-corrected chi connectivity index (χ2v) is 6.17. The summed E-state index contributed by atoms with van der Waals surface area (Å²) in [7, 11) is 1.76. The molecule has 120 valence electrons. The minimum Gasteiger partial charge on any atom is -0.381 e. The van der Waals surface area contributed by atoms with Gasteiger partial charge in [0, 0.05) is 25.6 Å². The second-order valence-electron chi connectivity index (χ2n) is 6.17. The monoisotopic (exact) mass is 313 g/mol. The van der Waals surface area contributed by atoms with Crippen LogP contribution >= 0.6 is 0 Å². The number of ether oxygens (including phenoxy) is 1. The van der Waals surface area contributed by atoms with E-state index in [2.05, 4.69) is 19.9 Å². The van der Waals surface area contributed by atoms with Crippen LogP contribution in [-0.2, 0) is 24.9 Å². The van der Waals surface area contributed by atoms with Gasteiger partial charge in [0.2, 0.25) is 0 Å². The molecule has 2 aliphatic rings. The summed E-state index contributed by atoms with van der Waals surface area (Å²) in [6, 6.07) is 2.02. The molecule has 1 saturated heterocycles. The Hall–Kier alpha value is -2.28. The molecule has 4 rings (SSSR count). The Bertz CT molecular complexity index is 811. The molecule has 1 unspecified atom stereocenters. The summed E-state index contributed by atoms with van der Waals surface area (Å²) in [6.07, 6.45) is 2.60. The molecular weight excluding hydrogens is 294 g/mol. The number of aryl methyl sites for hydroxylation is 1. The lowest BCUT2D eigenvalue weighted by molar-refractivity contribution is 0.193. The number of rotatable bonds is 2. The first kappa shape index (κ1) is 14.3. The van der Waals surface area contributed by atoms with Crippen molar-refractivity contribution in [1.82, 2.24) is 19.5 Å². The number of aromatic nitrogens is 4. The standard InChI is InChI=1S/C16H19N5O2/c1-10-19-14-7-21(6-12(14)16(22)20(10)2)15-5-13(17-9-18-15)11-3-4-23-8-11/h5,9,11H,3-4,6-8H2,1-2H3. The summed E-state index contributed by atoms with van der Waals surface area (Å²) in [5.41, 5.74) is 2.67. The molecule has 0 amide bonds. The Morgan fingerprint density at radius 2 is 2.17 bits per heavy atom. The van der Waals surface area contributed by atoms with E-state index in [9.17, 15) is 4.79 Å². The van der Waals surface area contributed by atoms with Gasteiger partial charge in [-0.15, -0.1) is 0 Å². The first-order valence-electron chi connectivity index (χ1n) is 7.83. The largest absolute Gasteiger partial charge is 0.381 e. The number of fused-ring (bicyclic) bond motifs is 1. The Labute approximate surface area is 134 Å². The van der Waals surface area contributed by atoms with Crippen molar-refractivity contribution >= 4 is 5.82 Å². The molecule has 0 aromatic carbocycles. The van der Waals surface area contributed by atoms with Crippen LogP contribution in [0.1, 0.15) is 35.1 Å². The third-order valence-electron chi connectivity index (χ3n) is 4.73. The summed E-state index contributed by atoms with van der Waals surface area (Å²) in [5.74, 6) is 1.93. The lowest BCUT2D eigenvalue weighted by atomic mass is 10.0. The molecule has 0 saturated carbocycles. The van der Waals surface area contributed by atoms with Crippen molar-refractivity contribution in [3.05, 3.63) is 45.5 Å². The van der Waals surface area contributed by atoms with E-state index in [1.54, 1.807) is 17.9 Å². The zero-order valence-electron chi connectivity index (χ0n) is 13.3. The summed E-state index contributed by atoms with van der Waals surface area (Å²) in [4.78, 5) is 27.8. The van der Waals surface area contributed by atoms with Gasteiger partial charge in [0.15, 0.2) is 0 Å². The average Bonchev–Trinajstić information content (AvgIpc) is 3.22. The van der Waals surface area contributed by atoms with Crippen LogP contribution in [0.15, 0.2) is 17.2 Å². The molecule has 1 fully saturated rings. The first-order valence-corrected chi connectivity index (χ1v) is 7.83. The molecule has 2 aromatic rings. The van der Waals surface area contributed by atoms with E-state index in [1.165, 1.54) is 0 Å². The molecule has 7 heteroatoms. The quantitative estimate of drug-likeness (QED) is 0.820. The van der Waals surface area contributed by atoms with Gasteiger partial charge in [-0.3, -0.25) is 9.36 Å². The van der Waals surface area contributed by atoms with Crippen molar-refractivity contribution in [2.24, 2.45) is 7.05 Å². The van der Waals surface area contributed by atoms with Gasteiger partial charge in [-0.2, -0.15) is 0 Å². The minimum absolute atomic E-state index is 0.0356. The Morgan fingerprint density at radius 3 is 2.96 bits per heavy atom. The average molecular weight is 313 g/mol. The van der Waals surface area contributed by atoms with Crippen molar-refractivity contribution in [2.75, 3.05) is 18.1 Å². The van der Waals surface area contributed by atoms with Crippen molar-refractivity contribution < 1.29 is 4.74 Å². The number of anilines is 1. The number of hydrogen-bond acceptors (Lipinski definition) is 6. The van der Waals surface area contributed by atoms with E-state index in [0.717, 1.165) is 48.2 Å². The molecule has 4 heterocycles. The van der Waals surface area contributed by atoms with Gasteiger partial charge in [0.1, 0.15) is 18.0 Å². The third kappa shape index (κ3) is 2.41. The highest BCUT2D eigenvalue weighted by atomic mass is 16.5. The van der Waals surface area contributed by atoms with Gasteiger partial charge < -0.3 is 9.64 Å². The van der Waals surface area contributed by atoms with Gasteiger partial charge in [-0.05, 0) is 13.3 Å². The van der Waals surface area contributed by atoms with Crippen LogP contribution in [0.4, 0.5) is 5.82 Å². The molecule has 23 heavy (non-hydrogen) atoms. The summed E-state index contributed by atoms with van der Waals surface area (Å²) in [5, 5.41) is 0.